The number of carbonyl (C=O) groups is 3. The molecule has 2 heterocycles. The van der Waals surface area contributed by atoms with E-state index in [0.29, 0.717) is 33.6 Å². The fourth-order valence-electron chi connectivity index (χ4n) is 4.62. The molecule has 0 aliphatic carbocycles. The van der Waals surface area contributed by atoms with E-state index in [1.54, 1.807) is 30.3 Å². The molecule has 4 aromatic rings. The summed E-state index contributed by atoms with van der Waals surface area (Å²) in [5.74, 6) is -0.811. The first-order chi connectivity index (χ1) is 18.3. The Morgan fingerprint density at radius 2 is 1.71 bits per heavy atom. The molecular formula is C30H26N4O4. The quantitative estimate of drug-likeness (QED) is 0.237. The molecule has 190 valence electrons. The van der Waals surface area contributed by atoms with Crippen LogP contribution in [0.3, 0.4) is 0 Å². The zero-order chi connectivity index (χ0) is 26.8. The van der Waals surface area contributed by atoms with Crippen molar-refractivity contribution in [3.8, 4) is 11.1 Å². The number of urea groups is 1. The second kappa shape index (κ2) is 10.2. The summed E-state index contributed by atoms with van der Waals surface area (Å²) in [6.45, 7) is 3.91. The van der Waals surface area contributed by atoms with Crippen LogP contribution in [0.2, 0.25) is 0 Å². The molecule has 0 saturated carbocycles. The molecule has 5 rings (SSSR count). The molecule has 1 aromatic heterocycles. The van der Waals surface area contributed by atoms with Crippen LogP contribution in [0.25, 0.3) is 22.8 Å². The number of aryl methyl sites for hydroxylation is 1. The number of carbonyl (C=O) groups excluding carboxylic acids is 3. The van der Waals surface area contributed by atoms with Crippen LogP contribution in [0.4, 0.5) is 16.2 Å². The third-order valence-electron chi connectivity index (χ3n) is 6.51. The fraction of sp³-hybridized carbons (Fsp3) is 0.100. The van der Waals surface area contributed by atoms with Crippen molar-refractivity contribution >= 4 is 40.9 Å². The lowest BCUT2D eigenvalue weighted by atomic mass is 10.00. The summed E-state index contributed by atoms with van der Waals surface area (Å²) in [4.78, 5) is 41.0. The van der Waals surface area contributed by atoms with Crippen molar-refractivity contribution in [1.29, 1.82) is 0 Å². The van der Waals surface area contributed by atoms with E-state index in [9.17, 15) is 14.4 Å². The number of aliphatic hydroxyl groups is 1. The van der Waals surface area contributed by atoms with E-state index in [1.165, 1.54) is 12.1 Å². The minimum absolute atomic E-state index is 0.132. The van der Waals surface area contributed by atoms with Gasteiger partial charge in [0.25, 0.3) is 11.8 Å². The van der Waals surface area contributed by atoms with Crippen LogP contribution >= 0.6 is 0 Å². The number of nitrogens with one attached hydrogen (secondary N) is 4. The maximum atomic E-state index is 12.8. The first-order valence-electron chi connectivity index (χ1n) is 12.1. The maximum Gasteiger partial charge on any atom is 0.326 e. The topological polar surface area (TPSA) is 123 Å². The van der Waals surface area contributed by atoms with Crippen molar-refractivity contribution in [2.24, 2.45) is 0 Å². The van der Waals surface area contributed by atoms with E-state index in [1.807, 2.05) is 38.1 Å². The Bertz CT molecular complexity index is 1580. The Morgan fingerprint density at radius 1 is 0.974 bits per heavy atom. The van der Waals surface area contributed by atoms with Crippen molar-refractivity contribution in [1.82, 2.24) is 10.3 Å². The average Bonchev–Trinajstić information content (AvgIpc) is 3.38. The highest BCUT2D eigenvalue weighted by atomic mass is 16.3. The van der Waals surface area contributed by atoms with Crippen LogP contribution in [-0.4, -0.2) is 27.9 Å². The number of anilines is 2. The molecule has 1 aliphatic heterocycles. The van der Waals surface area contributed by atoms with Gasteiger partial charge in [0.2, 0.25) is 0 Å². The van der Waals surface area contributed by atoms with Gasteiger partial charge < -0.3 is 20.7 Å². The molecule has 0 bridgehead atoms. The highest BCUT2D eigenvalue weighted by Gasteiger charge is 2.25. The third-order valence-corrected chi connectivity index (χ3v) is 6.51. The van der Waals surface area contributed by atoms with E-state index in [2.05, 4.69) is 33.1 Å². The van der Waals surface area contributed by atoms with Crippen molar-refractivity contribution < 1.29 is 19.5 Å². The number of rotatable bonds is 5. The predicted octanol–water partition coefficient (Wildman–Crippen LogP) is 5.25. The van der Waals surface area contributed by atoms with Gasteiger partial charge in [-0.25, -0.2) is 4.79 Å². The molecule has 0 fully saturated rings. The number of hydrogen-bond acceptors (Lipinski definition) is 4. The second-order valence-electron chi connectivity index (χ2n) is 9.07. The van der Waals surface area contributed by atoms with Crippen molar-refractivity contribution in [3.63, 3.8) is 0 Å². The smallest absolute Gasteiger partial charge is 0.326 e. The number of H-pyrrole nitrogens is 1. The summed E-state index contributed by atoms with van der Waals surface area (Å²) in [5.41, 5.74) is 8.31. The normalized spacial score (nSPS) is 13.2. The first-order valence-corrected chi connectivity index (χ1v) is 12.1. The van der Waals surface area contributed by atoms with Gasteiger partial charge >= 0.3 is 6.03 Å². The highest BCUT2D eigenvalue weighted by Crippen LogP contribution is 2.37. The Kier molecular flexibility index (Phi) is 6.64. The lowest BCUT2D eigenvalue weighted by molar-refractivity contribution is -0.110. The van der Waals surface area contributed by atoms with Crippen LogP contribution in [0.15, 0.2) is 72.8 Å². The van der Waals surface area contributed by atoms with Crippen LogP contribution in [-0.2, 0) is 11.4 Å². The maximum absolute atomic E-state index is 12.8. The van der Waals surface area contributed by atoms with Gasteiger partial charge in [-0.2, -0.15) is 0 Å². The number of amides is 4. The number of hydrogen-bond donors (Lipinski definition) is 5. The van der Waals surface area contributed by atoms with Gasteiger partial charge in [0.05, 0.1) is 17.9 Å². The Hall–Kier alpha value is -4.95. The fourth-order valence-corrected chi connectivity index (χ4v) is 4.62. The molecule has 0 radical (unpaired) electrons. The average molecular weight is 507 g/mol. The van der Waals surface area contributed by atoms with Crippen molar-refractivity contribution in [3.05, 3.63) is 106 Å². The summed E-state index contributed by atoms with van der Waals surface area (Å²) < 4.78 is 0. The Morgan fingerprint density at radius 3 is 2.42 bits per heavy atom. The molecule has 0 unspecified atom stereocenters. The van der Waals surface area contributed by atoms with E-state index in [-0.39, 0.29) is 12.5 Å². The first kappa shape index (κ1) is 24.7. The molecule has 8 nitrogen and oxygen atoms in total. The van der Waals surface area contributed by atoms with Crippen LogP contribution < -0.4 is 16.0 Å². The number of benzene rings is 3. The molecule has 38 heavy (non-hydrogen) atoms. The van der Waals surface area contributed by atoms with Gasteiger partial charge in [0.15, 0.2) is 0 Å². The number of aromatic amines is 1. The van der Waals surface area contributed by atoms with E-state index < -0.39 is 11.9 Å². The Labute approximate surface area is 219 Å². The summed E-state index contributed by atoms with van der Waals surface area (Å²) >= 11 is 0. The zero-order valence-electron chi connectivity index (χ0n) is 20.9. The molecule has 4 amide bonds. The molecule has 1 aliphatic rings. The van der Waals surface area contributed by atoms with Crippen molar-refractivity contribution in [2.45, 2.75) is 20.5 Å². The zero-order valence-corrected chi connectivity index (χ0v) is 20.9. The van der Waals surface area contributed by atoms with E-state index in [4.69, 9.17) is 5.11 Å². The number of fused-ring (bicyclic) bond motifs is 1. The van der Waals surface area contributed by atoms with Gasteiger partial charge in [0, 0.05) is 33.8 Å². The molecule has 8 heteroatoms. The molecule has 0 saturated heterocycles. The highest BCUT2D eigenvalue weighted by molar-refractivity contribution is 6.35. The van der Waals surface area contributed by atoms with Crippen LogP contribution in [0, 0.1) is 13.8 Å². The minimum atomic E-state index is -0.702. The lowest BCUT2D eigenvalue weighted by Crippen LogP contribution is -2.34. The molecule has 3 aromatic carbocycles. The SMILES string of the molecule is Cc1[nH]c(C=C2C(=O)Nc3cc(NC(=O)NC(=O)c4ccc(CO)cc4)ccc32)c(C)c1-c1ccccc1. The van der Waals surface area contributed by atoms with Gasteiger partial charge in [-0.05, 0) is 60.9 Å². The summed E-state index contributed by atoms with van der Waals surface area (Å²) in [7, 11) is 0. The monoisotopic (exact) mass is 506 g/mol. The second-order valence-corrected chi connectivity index (χ2v) is 9.07. The molecule has 0 atom stereocenters. The molecule has 0 spiro atoms. The largest absolute Gasteiger partial charge is 0.392 e. The predicted molar refractivity (Wildman–Crippen MR) is 147 cm³/mol. The number of imide groups is 1. The number of aliphatic hydroxyl groups excluding tert-OH is 1. The Balaban J connectivity index is 1.33. The van der Waals surface area contributed by atoms with Gasteiger partial charge in [-0.3, -0.25) is 14.9 Å². The van der Waals surface area contributed by atoms with Crippen LogP contribution in [0.5, 0.6) is 0 Å². The molecule has 5 N–H and O–H groups in total. The molecular weight excluding hydrogens is 480 g/mol. The van der Waals surface area contributed by atoms with E-state index >= 15 is 0 Å². The summed E-state index contributed by atoms with van der Waals surface area (Å²) in [6.07, 6.45) is 1.84. The van der Waals surface area contributed by atoms with Gasteiger partial charge in [-0.15, -0.1) is 0 Å². The minimum Gasteiger partial charge on any atom is -0.392 e. The van der Waals surface area contributed by atoms with Gasteiger partial charge in [-0.1, -0.05) is 48.5 Å². The standard InChI is InChI=1S/C30H26N4O4/c1-17-25(31-18(2)27(17)20-6-4-3-5-7-20)15-24-23-13-12-22(14-26(23)33-29(24)37)32-30(38)34-28(36)21-10-8-19(16-35)9-11-21/h3-15,31,35H,16H2,1-2H3,(H,33,37)(H2,32,34,36,38). The summed E-state index contributed by atoms with van der Waals surface area (Å²) in [5, 5.41) is 16.9. The van der Waals surface area contributed by atoms with Crippen molar-refractivity contribution in [2.75, 3.05) is 10.6 Å². The van der Waals surface area contributed by atoms with E-state index in [0.717, 1.165) is 28.1 Å². The van der Waals surface area contributed by atoms with Crippen LogP contribution in [0.1, 0.15) is 38.4 Å². The lowest BCUT2D eigenvalue weighted by Gasteiger charge is -2.08. The summed E-state index contributed by atoms with van der Waals surface area (Å²) in [6, 6.07) is 20.8. The third kappa shape index (κ3) is 4.85. The number of aromatic nitrogens is 1. The van der Waals surface area contributed by atoms with Gasteiger partial charge in [0.1, 0.15) is 0 Å².